The van der Waals surface area contributed by atoms with E-state index in [0.717, 1.165) is 35.4 Å². The first-order valence-corrected chi connectivity index (χ1v) is 23.4. The molecule has 2 saturated heterocycles. The molecule has 0 saturated carbocycles. The molecule has 2 fully saturated rings. The fourth-order valence-corrected chi connectivity index (χ4v) is 14.5. The third-order valence-corrected chi connectivity index (χ3v) is 13.5. The Labute approximate surface area is 202 Å². The average molecular weight is 515 g/mol. The number of rotatable bonds is 7. The summed E-state index contributed by atoms with van der Waals surface area (Å²) in [5.74, 6) is 0.624. The summed E-state index contributed by atoms with van der Waals surface area (Å²) in [6.45, 7) is 22.8. The van der Waals surface area contributed by atoms with Crippen molar-refractivity contribution in [3.8, 4) is 0 Å². The molecule has 0 bridgehead atoms. The lowest BCUT2D eigenvalue weighted by Crippen LogP contribution is -2.89. The Balaban J connectivity index is 2.05. The minimum atomic E-state index is -2.09. The Kier molecular flexibility index (Phi) is 6.85. The van der Waals surface area contributed by atoms with Crippen molar-refractivity contribution in [1.29, 1.82) is 0 Å². The summed E-state index contributed by atoms with van der Waals surface area (Å²) in [6, 6.07) is 0. The quantitative estimate of drug-likeness (QED) is 0.318. The van der Waals surface area contributed by atoms with Crippen LogP contribution in [0.15, 0.2) is 11.3 Å². The Hall–Kier alpha value is -0.399. The van der Waals surface area contributed by atoms with Crippen LogP contribution in [0.1, 0.15) is 12.8 Å². The minimum Gasteiger partial charge on any atom is -0.515 e. The van der Waals surface area contributed by atoms with Gasteiger partial charge in [0.15, 0.2) is 0 Å². The van der Waals surface area contributed by atoms with Crippen LogP contribution in [0.3, 0.4) is 0 Å². The number of hydrogen-bond donors (Lipinski definition) is 1. The molecule has 32 heavy (non-hydrogen) atoms. The molecule has 0 radical (unpaired) electrons. The number of hydrogen-bond acceptors (Lipinski definition) is 5. The van der Waals surface area contributed by atoms with Gasteiger partial charge in [-0.3, -0.25) is 9.69 Å². The van der Waals surface area contributed by atoms with Gasteiger partial charge in [-0.15, -0.1) is 11.8 Å². The van der Waals surface area contributed by atoms with E-state index in [1.54, 1.807) is 0 Å². The zero-order valence-electron chi connectivity index (χ0n) is 21.8. The van der Waals surface area contributed by atoms with E-state index in [9.17, 15) is 9.59 Å². The van der Waals surface area contributed by atoms with Crippen molar-refractivity contribution >= 4 is 48.3 Å². The minimum absolute atomic E-state index is 0.0230. The summed E-state index contributed by atoms with van der Waals surface area (Å²) in [4.78, 5) is 33.3. The maximum Gasteiger partial charge on any atom is 0.341 e. The lowest BCUT2D eigenvalue weighted by Gasteiger charge is -2.64. The first-order valence-electron chi connectivity index (χ1n) is 11.9. The number of quaternary nitrogens is 1. The molecule has 1 N–H and O–H groups in total. The summed E-state index contributed by atoms with van der Waals surface area (Å²) < 4.78 is 6.95. The molecule has 0 aromatic carbocycles. The first kappa shape index (κ1) is 26.2. The highest BCUT2D eigenvalue weighted by Crippen LogP contribution is 2.51. The van der Waals surface area contributed by atoms with Gasteiger partial charge in [0.05, 0.1) is 28.2 Å². The maximum absolute atomic E-state index is 14.1. The second kappa shape index (κ2) is 8.37. The van der Waals surface area contributed by atoms with Crippen LogP contribution in [0.2, 0.25) is 58.9 Å². The van der Waals surface area contributed by atoms with E-state index in [0.29, 0.717) is 5.70 Å². The van der Waals surface area contributed by atoms with Gasteiger partial charge in [0.1, 0.15) is 31.0 Å². The van der Waals surface area contributed by atoms with Crippen molar-refractivity contribution in [2.75, 3.05) is 32.4 Å². The molecular formula is C22H44N3O3SSi3+. The van der Waals surface area contributed by atoms with Gasteiger partial charge in [-0.05, 0) is 19.6 Å². The van der Waals surface area contributed by atoms with E-state index in [-0.39, 0.29) is 17.3 Å². The first-order chi connectivity index (χ1) is 14.4. The van der Waals surface area contributed by atoms with Crippen LogP contribution in [0.4, 0.5) is 0 Å². The molecule has 6 nitrogen and oxygen atoms in total. The molecule has 3 rings (SSSR count). The number of carbonyl (C=O) groups is 2. The third kappa shape index (κ3) is 4.86. The molecule has 0 aromatic heterocycles. The van der Waals surface area contributed by atoms with Gasteiger partial charge in [-0.2, -0.15) is 0 Å². The zero-order chi connectivity index (χ0) is 24.3. The molecule has 0 aliphatic carbocycles. The molecule has 2 atom stereocenters. The number of nitrogens with zero attached hydrogens (tertiary/aromatic N) is 2. The van der Waals surface area contributed by atoms with Crippen molar-refractivity contribution in [2.24, 2.45) is 0 Å². The Morgan fingerprint density at radius 3 is 2.16 bits per heavy atom. The van der Waals surface area contributed by atoms with Crippen LogP contribution >= 0.6 is 11.8 Å². The van der Waals surface area contributed by atoms with Gasteiger partial charge in [0, 0.05) is 24.2 Å². The number of fused-ring (bicyclic) bond motifs is 1. The van der Waals surface area contributed by atoms with Crippen LogP contribution in [-0.4, -0.2) is 88.9 Å². The number of thioether (sulfide) groups is 1. The van der Waals surface area contributed by atoms with E-state index in [2.05, 4.69) is 51.3 Å². The number of β-lactam (4-membered cyclic amide) rings is 1. The smallest absolute Gasteiger partial charge is 0.341 e. The predicted molar refractivity (Wildman–Crippen MR) is 142 cm³/mol. The molecular weight excluding hydrogens is 471 g/mol. The largest absolute Gasteiger partial charge is 0.515 e. The SMILES string of the molecule is C[N+]1(CC2=C(C(=O)O[Si](C)(C)C)N3C(=O)[C@@](N[Si](C)(C)C)([Si](C)(C)C)[C@H]3SC2)CCCC1. The molecule has 3 aliphatic rings. The van der Waals surface area contributed by atoms with Gasteiger partial charge in [0.25, 0.3) is 0 Å². The standard InChI is InChI=1S/C22H44N3O3SSi3/c1-25(13-11-12-14-25)15-17-16-29-21-22(30(2,3)4,23-31(5,6)7)20(27)24(21)18(17)19(26)28-32(8,9)10/h21,23H,11-16H2,1-10H3/q+1/t21-,22-/m1/s1. The van der Waals surface area contributed by atoms with Gasteiger partial charge < -0.3 is 13.9 Å². The van der Waals surface area contributed by atoms with Crippen LogP contribution in [-0.2, 0) is 14.0 Å². The Morgan fingerprint density at radius 2 is 1.69 bits per heavy atom. The lowest BCUT2D eigenvalue weighted by molar-refractivity contribution is -0.893. The van der Waals surface area contributed by atoms with Crippen molar-refractivity contribution in [3.05, 3.63) is 11.3 Å². The van der Waals surface area contributed by atoms with Crippen molar-refractivity contribution in [1.82, 2.24) is 9.88 Å². The van der Waals surface area contributed by atoms with Crippen molar-refractivity contribution in [2.45, 2.75) is 82.3 Å². The van der Waals surface area contributed by atoms with Crippen molar-refractivity contribution in [3.63, 3.8) is 0 Å². The van der Waals surface area contributed by atoms with E-state index in [1.807, 2.05) is 36.3 Å². The Morgan fingerprint density at radius 1 is 1.12 bits per heavy atom. The van der Waals surface area contributed by atoms with E-state index in [1.165, 1.54) is 12.8 Å². The molecule has 0 aromatic rings. The van der Waals surface area contributed by atoms with Gasteiger partial charge in [0.2, 0.25) is 14.2 Å². The van der Waals surface area contributed by atoms with Crippen LogP contribution in [0.5, 0.6) is 0 Å². The highest BCUT2D eigenvalue weighted by molar-refractivity contribution is 8.00. The number of amides is 1. The van der Waals surface area contributed by atoms with Crippen LogP contribution in [0.25, 0.3) is 0 Å². The highest BCUT2D eigenvalue weighted by Gasteiger charge is 2.70. The second-order valence-corrected chi connectivity index (χ2v) is 28.7. The summed E-state index contributed by atoms with van der Waals surface area (Å²) in [6.07, 6.45) is 2.46. The molecule has 182 valence electrons. The molecule has 1 amide bonds. The van der Waals surface area contributed by atoms with Crippen molar-refractivity contribution < 1.29 is 18.5 Å². The van der Waals surface area contributed by atoms with Gasteiger partial charge >= 0.3 is 5.97 Å². The fourth-order valence-electron chi connectivity index (χ4n) is 5.36. The normalized spacial score (nSPS) is 28.5. The molecule has 3 heterocycles. The number of carbonyl (C=O) groups excluding carboxylic acids is 2. The number of likely N-dealkylation sites (tertiary alicyclic amines) is 1. The maximum atomic E-state index is 14.1. The van der Waals surface area contributed by atoms with Gasteiger partial charge in [-0.1, -0.05) is 39.3 Å². The lowest BCUT2D eigenvalue weighted by atomic mass is 10.0. The van der Waals surface area contributed by atoms with E-state index >= 15 is 0 Å². The molecule has 0 unspecified atom stereocenters. The monoisotopic (exact) mass is 514 g/mol. The topological polar surface area (TPSA) is 58.6 Å². The summed E-state index contributed by atoms with van der Waals surface area (Å²) in [5, 5.41) is -0.546. The van der Waals surface area contributed by atoms with Crippen LogP contribution in [0, 0.1) is 0 Å². The van der Waals surface area contributed by atoms with E-state index in [4.69, 9.17) is 4.43 Å². The Bertz CT molecular complexity index is 823. The van der Waals surface area contributed by atoms with E-state index < -0.39 is 29.8 Å². The number of nitrogens with one attached hydrogen (secondary N) is 1. The summed E-state index contributed by atoms with van der Waals surface area (Å²) in [5.41, 5.74) is 1.67. The van der Waals surface area contributed by atoms with Crippen LogP contribution < -0.4 is 4.98 Å². The summed E-state index contributed by atoms with van der Waals surface area (Å²) in [7, 11) is -3.49. The fraction of sp³-hybridized carbons (Fsp3) is 0.818. The molecule has 10 heteroatoms. The predicted octanol–water partition coefficient (Wildman–Crippen LogP) is 3.81. The molecule has 0 spiro atoms. The van der Waals surface area contributed by atoms with Gasteiger partial charge in [-0.25, -0.2) is 4.79 Å². The molecule has 3 aliphatic heterocycles. The zero-order valence-corrected chi connectivity index (χ0v) is 25.7. The second-order valence-electron chi connectivity index (χ2n) is 13.2. The summed E-state index contributed by atoms with van der Waals surface area (Å²) >= 11 is 1.86. The number of likely N-dealkylation sites (N-methyl/N-ethyl adjacent to an activating group) is 1. The average Bonchev–Trinajstić information content (AvgIpc) is 3.01. The third-order valence-electron chi connectivity index (χ3n) is 6.72. The highest BCUT2D eigenvalue weighted by atomic mass is 32.2.